The van der Waals surface area contributed by atoms with Crippen LogP contribution in [0.3, 0.4) is 0 Å². The monoisotopic (exact) mass is 339 g/mol. The van der Waals surface area contributed by atoms with Gasteiger partial charge in [-0.15, -0.1) is 0 Å². The van der Waals surface area contributed by atoms with Crippen LogP contribution in [0.4, 0.5) is 0 Å². The van der Waals surface area contributed by atoms with E-state index in [-0.39, 0.29) is 24.8 Å². The molecule has 0 aliphatic carbocycles. The molecule has 0 fully saturated rings. The zero-order valence-electron chi connectivity index (χ0n) is 14.3. The molecule has 0 bridgehead atoms. The second-order valence-corrected chi connectivity index (χ2v) is 5.40. The molecule has 0 atom stereocenters. The summed E-state index contributed by atoms with van der Waals surface area (Å²) in [4.78, 5) is 23.5. The lowest BCUT2D eigenvalue weighted by atomic mass is 10.2. The van der Waals surface area contributed by atoms with Crippen molar-refractivity contribution in [3.8, 4) is 5.75 Å². The molecular formula is C20H21NO4. The minimum Gasteiger partial charge on any atom is -0.490 e. The van der Waals surface area contributed by atoms with E-state index < -0.39 is 5.97 Å². The maximum Gasteiger partial charge on any atom is 0.354 e. The number of amides is 1. The number of hydrogen-bond acceptors (Lipinski definition) is 4. The van der Waals surface area contributed by atoms with Crippen LogP contribution >= 0.6 is 0 Å². The van der Waals surface area contributed by atoms with E-state index in [9.17, 15) is 9.59 Å². The fourth-order valence-electron chi connectivity index (χ4n) is 2.13. The maximum atomic E-state index is 12.2. The highest BCUT2D eigenvalue weighted by Crippen LogP contribution is 2.15. The molecule has 130 valence electrons. The molecule has 0 aromatic heterocycles. The lowest BCUT2D eigenvalue weighted by molar-refractivity contribution is -0.141. The summed E-state index contributed by atoms with van der Waals surface area (Å²) in [6, 6.07) is 16.8. The molecule has 2 rings (SSSR count). The molecule has 2 aromatic rings. The van der Waals surface area contributed by atoms with Gasteiger partial charge in [0.15, 0.2) is 0 Å². The van der Waals surface area contributed by atoms with Gasteiger partial charge in [0.25, 0.3) is 0 Å². The molecule has 25 heavy (non-hydrogen) atoms. The van der Waals surface area contributed by atoms with Crippen molar-refractivity contribution in [3.63, 3.8) is 0 Å². The van der Waals surface area contributed by atoms with Gasteiger partial charge in [0.1, 0.15) is 24.7 Å². The van der Waals surface area contributed by atoms with Crippen LogP contribution in [0, 0.1) is 6.92 Å². The van der Waals surface area contributed by atoms with E-state index in [0.717, 1.165) is 16.9 Å². The summed E-state index contributed by atoms with van der Waals surface area (Å²) < 4.78 is 10.8. The summed E-state index contributed by atoms with van der Waals surface area (Å²) >= 11 is 0. The van der Waals surface area contributed by atoms with Gasteiger partial charge < -0.3 is 14.8 Å². The van der Waals surface area contributed by atoms with E-state index in [1.165, 1.54) is 6.92 Å². The summed E-state index contributed by atoms with van der Waals surface area (Å²) in [5, 5.41) is 2.50. The third-order valence-electron chi connectivity index (χ3n) is 3.31. The van der Waals surface area contributed by atoms with Crippen molar-refractivity contribution >= 4 is 18.0 Å². The van der Waals surface area contributed by atoms with E-state index in [2.05, 4.69) is 5.32 Å². The molecule has 1 amide bonds. The Bertz CT molecular complexity index is 753. The highest BCUT2D eigenvalue weighted by molar-refractivity contribution is 5.97. The van der Waals surface area contributed by atoms with E-state index >= 15 is 0 Å². The van der Waals surface area contributed by atoms with Crippen LogP contribution in [0.1, 0.15) is 18.1 Å². The first-order valence-electron chi connectivity index (χ1n) is 7.96. The molecule has 0 heterocycles. The number of carbonyl (C=O) groups excluding carboxylic acids is 2. The number of carbonyl (C=O) groups is 2. The van der Waals surface area contributed by atoms with Gasteiger partial charge >= 0.3 is 5.97 Å². The Morgan fingerprint density at radius 2 is 1.68 bits per heavy atom. The molecule has 0 radical (unpaired) electrons. The Hall–Kier alpha value is -3.08. The number of aryl methyl sites for hydroxylation is 1. The summed E-state index contributed by atoms with van der Waals surface area (Å²) in [6.07, 6.45) is 1.58. The van der Waals surface area contributed by atoms with Crippen molar-refractivity contribution in [1.29, 1.82) is 0 Å². The number of nitrogens with one attached hydrogen (secondary N) is 1. The second kappa shape index (κ2) is 9.27. The first-order valence-corrected chi connectivity index (χ1v) is 7.96. The maximum absolute atomic E-state index is 12.2. The predicted molar refractivity (Wildman–Crippen MR) is 95.9 cm³/mol. The fraction of sp³-hybridized carbons (Fsp3) is 0.200. The normalized spacial score (nSPS) is 10.9. The molecular weight excluding hydrogens is 318 g/mol. The molecule has 0 aliphatic heterocycles. The molecule has 5 heteroatoms. The van der Waals surface area contributed by atoms with E-state index in [0.29, 0.717) is 0 Å². The molecule has 1 N–H and O–H groups in total. The van der Waals surface area contributed by atoms with E-state index in [1.807, 2.05) is 61.5 Å². The molecule has 0 unspecified atom stereocenters. The Labute approximate surface area is 147 Å². The third kappa shape index (κ3) is 6.14. The van der Waals surface area contributed by atoms with Gasteiger partial charge in [-0.05, 0) is 30.2 Å². The quantitative estimate of drug-likeness (QED) is 0.478. The van der Waals surface area contributed by atoms with Crippen LogP contribution in [0.15, 0.2) is 60.3 Å². The fourth-order valence-corrected chi connectivity index (χ4v) is 2.13. The number of ether oxygens (including phenoxy) is 2. The summed E-state index contributed by atoms with van der Waals surface area (Å²) in [5.41, 5.74) is 1.89. The molecule has 0 aliphatic rings. The number of benzene rings is 2. The minimum atomic E-state index is -0.604. The largest absolute Gasteiger partial charge is 0.490 e. The summed E-state index contributed by atoms with van der Waals surface area (Å²) in [7, 11) is 0. The Kier molecular flexibility index (Phi) is 6.77. The van der Waals surface area contributed by atoms with Crippen LogP contribution < -0.4 is 10.1 Å². The van der Waals surface area contributed by atoms with Crippen LogP contribution in [0.5, 0.6) is 5.75 Å². The zero-order valence-corrected chi connectivity index (χ0v) is 14.3. The molecule has 0 spiro atoms. The van der Waals surface area contributed by atoms with Crippen molar-refractivity contribution in [2.75, 3.05) is 13.2 Å². The smallest absolute Gasteiger partial charge is 0.354 e. The third-order valence-corrected chi connectivity index (χ3v) is 3.31. The molecule has 0 saturated heterocycles. The highest BCUT2D eigenvalue weighted by atomic mass is 16.6. The van der Waals surface area contributed by atoms with E-state index in [1.54, 1.807) is 6.08 Å². The van der Waals surface area contributed by atoms with Crippen molar-refractivity contribution < 1.29 is 19.1 Å². The summed E-state index contributed by atoms with van der Waals surface area (Å²) in [5.74, 6) is -0.191. The van der Waals surface area contributed by atoms with Gasteiger partial charge in [0, 0.05) is 6.92 Å². The molecule has 0 saturated carbocycles. The van der Waals surface area contributed by atoms with Crippen molar-refractivity contribution in [3.05, 3.63) is 71.4 Å². The first kappa shape index (κ1) is 18.3. The first-order chi connectivity index (χ1) is 12.1. The average Bonchev–Trinajstić information content (AvgIpc) is 2.60. The van der Waals surface area contributed by atoms with Crippen LogP contribution in [-0.2, 0) is 14.3 Å². The van der Waals surface area contributed by atoms with Gasteiger partial charge in [-0.2, -0.15) is 0 Å². The topological polar surface area (TPSA) is 64.6 Å². The van der Waals surface area contributed by atoms with Gasteiger partial charge in [-0.1, -0.05) is 48.5 Å². The summed E-state index contributed by atoms with van der Waals surface area (Å²) in [6.45, 7) is 3.60. The van der Waals surface area contributed by atoms with Crippen molar-refractivity contribution in [1.82, 2.24) is 5.32 Å². The van der Waals surface area contributed by atoms with E-state index in [4.69, 9.17) is 9.47 Å². The van der Waals surface area contributed by atoms with Crippen molar-refractivity contribution in [2.45, 2.75) is 13.8 Å². The van der Waals surface area contributed by atoms with Crippen LogP contribution in [0.2, 0.25) is 0 Å². The van der Waals surface area contributed by atoms with Crippen LogP contribution in [0.25, 0.3) is 6.08 Å². The molecule has 2 aromatic carbocycles. The number of rotatable bonds is 7. The Morgan fingerprint density at radius 3 is 2.36 bits per heavy atom. The van der Waals surface area contributed by atoms with Gasteiger partial charge in [0.2, 0.25) is 5.91 Å². The number of para-hydroxylation sites is 1. The molecule has 5 nitrogen and oxygen atoms in total. The highest BCUT2D eigenvalue weighted by Gasteiger charge is 2.13. The van der Waals surface area contributed by atoms with Crippen molar-refractivity contribution in [2.24, 2.45) is 0 Å². The van der Waals surface area contributed by atoms with Gasteiger partial charge in [-0.25, -0.2) is 4.79 Å². The standard InChI is InChI=1S/C20H21NO4/c1-15-8-6-7-11-19(15)24-12-13-25-20(23)18(21-16(2)22)14-17-9-4-3-5-10-17/h3-11,14H,12-13H2,1-2H3,(H,21,22)/b18-14-. The Balaban J connectivity index is 1.92. The van der Waals surface area contributed by atoms with Crippen LogP contribution in [-0.4, -0.2) is 25.1 Å². The predicted octanol–water partition coefficient (Wildman–Crippen LogP) is 3.09. The lowest BCUT2D eigenvalue weighted by Gasteiger charge is -2.11. The second-order valence-electron chi connectivity index (χ2n) is 5.40. The Morgan fingerprint density at radius 1 is 1.00 bits per heavy atom. The zero-order chi connectivity index (χ0) is 18.1. The average molecular weight is 339 g/mol. The van der Waals surface area contributed by atoms with Gasteiger partial charge in [-0.3, -0.25) is 4.79 Å². The van der Waals surface area contributed by atoms with Gasteiger partial charge in [0.05, 0.1) is 0 Å². The number of hydrogen-bond donors (Lipinski definition) is 1. The SMILES string of the molecule is CC(=O)N/C(=C\c1ccccc1)C(=O)OCCOc1ccccc1C. The minimum absolute atomic E-state index is 0.0822. The number of esters is 1. The lowest BCUT2D eigenvalue weighted by Crippen LogP contribution is -2.27.